The number of ether oxygens (including phenoxy) is 3. The molecule has 0 spiro atoms. The van der Waals surface area contributed by atoms with Crippen LogP contribution in [0.1, 0.15) is 51.3 Å². The lowest BCUT2D eigenvalue weighted by atomic mass is 9.81. The fourth-order valence-corrected chi connectivity index (χ4v) is 8.92. The van der Waals surface area contributed by atoms with Gasteiger partial charge in [0, 0.05) is 33.7 Å². The summed E-state index contributed by atoms with van der Waals surface area (Å²) in [4.78, 5) is 19.3. The van der Waals surface area contributed by atoms with Crippen molar-refractivity contribution in [2.24, 2.45) is 5.92 Å². The number of carboxylic acid groups (broad SMARTS) is 1. The molecule has 9 heteroatoms. The average Bonchev–Trinajstić information content (AvgIpc) is 3.30. The van der Waals surface area contributed by atoms with Crippen molar-refractivity contribution in [2.45, 2.75) is 91.2 Å². The molecule has 1 N–H and O–H groups in total. The van der Waals surface area contributed by atoms with E-state index in [0.717, 1.165) is 33.3 Å². The SMILES string of the molecule is COc1c2c(c(OC)c(SC(C)C)c1SC(C)C)[C@@H]1COC3[C@@H]4C[C@@H](C(=O)O)[C@H]([C@H](C2)N31)N4C. The zero-order chi connectivity index (χ0) is 24.5. The number of rotatable bonds is 7. The van der Waals surface area contributed by atoms with Gasteiger partial charge in [0.05, 0.1) is 48.6 Å². The molecule has 1 unspecified atom stereocenters. The van der Waals surface area contributed by atoms with E-state index < -0.39 is 5.97 Å². The first kappa shape index (κ1) is 24.6. The van der Waals surface area contributed by atoms with Crippen molar-refractivity contribution in [3.8, 4) is 11.5 Å². The van der Waals surface area contributed by atoms with Crippen LogP contribution in [0.3, 0.4) is 0 Å². The van der Waals surface area contributed by atoms with Crippen molar-refractivity contribution in [3.05, 3.63) is 11.1 Å². The molecular formula is C25H36N2O5S2. The van der Waals surface area contributed by atoms with E-state index in [9.17, 15) is 9.90 Å². The number of hydrogen-bond donors (Lipinski definition) is 1. The third kappa shape index (κ3) is 3.57. The Bertz CT molecular complexity index is 987. The van der Waals surface area contributed by atoms with Gasteiger partial charge < -0.3 is 19.3 Å². The molecule has 3 fully saturated rings. The summed E-state index contributed by atoms with van der Waals surface area (Å²) in [5.74, 6) is 0.776. The Balaban J connectivity index is 1.72. The molecule has 0 amide bonds. The van der Waals surface area contributed by atoms with Crippen molar-refractivity contribution >= 4 is 29.5 Å². The number of methoxy groups -OCH3 is 2. The lowest BCUT2D eigenvalue weighted by molar-refractivity contribution is -0.144. The molecule has 0 radical (unpaired) electrons. The molecule has 2 bridgehead atoms. The number of likely N-dealkylation sites (N-methyl/N-ethyl adjacent to an activating group) is 1. The van der Waals surface area contributed by atoms with Crippen molar-refractivity contribution < 1.29 is 24.1 Å². The molecule has 3 saturated heterocycles. The van der Waals surface area contributed by atoms with E-state index in [2.05, 4.69) is 44.5 Å². The van der Waals surface area contributed by atoms with Crippen molar-refractivity contribution in [2.75, 3.05) is 27.9 Å². The molecule has 4 aliphatic heterocycles. The van der Waals surface area contributed by atoms with Gasteiger partial charge in [0.2, 0.25) is 0 Å². The predicted molar refractivity (Wildman–Crippen MR) is 134 cm³/mol. The van der Waals surface area contributed by atoms with Crippen LogP contribution in [0, 0.1) is 5.92 Å². The maximum atomic E-state index is 12.2. The number of thioether (sulfide) groups is 2. The summed E-state index contributed by atoms with van der Waals surface area (Å²) in [5.41, 5.74) is 2.33. The lowest BCUT2D eigenvalue weighted by Crippen LogP contribution is -2.64. The summed E-state index contributed by atoms with van der Waals surface area (Å²) < 4.78 is 18.8. The number of carbonyl (C=O) groups is 1. The number of hydrogen-bond acceptors (Lipinski definition) is 8. The summed E-state index contributed by atoms with van der Waals surface area (Å²) >= 11 is 3.64. The maximum absolute atomic E-state index is 12.2. The van der Waals surface area contributed by atoms with Crippen LogP contribution in [-0.2, 0) is 16.0 Å². The third-order valence-corrected chi connectivity index (χ3v) is 10.1. The van der Waals surface area contributed by atoms with Gasteiger partial charge in [-0.05, 0) is 19.9 Å². The molecule has 0 saturated carbocycles. The van der Waals surface area contributed by atoms with E-state index in [1.54, 1.807) is 14.2 Å². The number of fused-ring (bicyclic) bond motifs is 6. The van der Waals surface area contributed by atoms with E-state index >= 15 is 0 Å². The van der Waals surface area contributed by atoms with Gasteiger partial charge in [0.25, 0.3) is 0 Å². The van der Waals surface area contributed by atoms with Crippen LogP contribution >= 0.6 is 23.5 Å². The minimum absolute atomic E-state index is 0.0402. The van der Waals surface area contributed by atoms with Crippen LogP contribution in [0.4, 0.5) is 0 Å². The van der Waals surface area contributed by atoms with Gasteiger partial charge in [-0.3, -0.25) is 14.6 Å². The first-order chi connectivity index (χ1) is 16.2. The summed E-state index contributed by atoms with van der Waals surface area (Å²) in [6.07, 6.45) is 1.28. The molecule has 1 aromatic rings. The topological polar surface area (TPSA) is 71.5 Å². The molecule has 7 nitrogen and oxygen atoms in total. The smallest absolute Gasteiger partial charge is 0.308 e. The number of nitrogens with zero attached hydrogens (tertiary/aromatic N) is 2. The van der Waals surface area contributed by atoms with Gasteiger partial charge >= 0.3 is 5.97 Å². The number of benzene rings is 1. The Hall–Kier alpha value is -1.13. The number of piperazine rings is 1. The second kappa shape index (κ2) is 9.07. The van der Waals surface area contributed by atoms with Gasteiger partial charge in [-0.1, -0.05) is 27.7 Å². The molecule has 0 aromatic heterocycles. The number of carboxylic acids is 1. The quantitative estimate of drug-likeness (QED) is 0.548. The molecule has 4 heterocycles. The molecule has 1 aromatic carbocycles. The van der Waals surface area contributed by atoms with Crippen LogP contribution in [0.2, 0.25) is 0 Å². The second-order valence-electron chi connectivity index (χ2n) is 10.3. The predicted octanol–water partition coefficient (Wildman–Crippen LogP) is 4.12. The van der Waals surface area contributed by atoms with Crippen molar-refractivity contribution in [1.29, 1.82) is 0 Å². The fraction of sp³-hybridized carbons (Fsp3) is 0.720. The molecule has 188 valence electrons. The Morgan fingerprint density at radius 3 is 2.24 bits per heavy atom. The molecule has 34 heavy (non-hydrogen) atoms. The number of aliphatic carboxylic acids is 1. The second-order valence-corrected chi connectivity index (χ2v) is 13.5. The highest BCUT2D eigenvalue weighted by molar-refractivity contribution is 8.03. The van der Waals surface area contributed by atoms with Crippen LogP contribution in [0.5, 0.6) is 11.5 Å². The summed E-state index contributed by atoms with van der Waals surface area (Å²) in [6, 6.07) is 0.159. The van der Waals surface area contributed by atoms with Crippen LogP contribution < -0.4 is 9.47 Å². The van der Waals surface area contributed by atoms with E-state index in [0.29, 0.717) is 23.5 Å². The Morgan fingerprint density at radius 2 is 1.68 bits per heavy atom. The van der Waals surface area contributed by atoms with E-state index in [1.165, 1.54) is 5.56 Å². The van der Waals surface area contributed by atoms with Gasteiger partial charge in [0.1, 0.15) is 17.7 Å². The summed E-state index contributed by atoms with van der Waals surface area (Å²) in [5, 5.41) is 10.8. The van der Waals surface area contributed by atoms with Gasteiger partial charge in [-0.25, -0.2) is 0 Å². The minimum Gasteiger partial charge on any atom is -0.495 e. The highest BCUT2D eigenvalue weighted by Gasteiger charge is 2.62. The Kier molecular flexibility index (Phi) is 6.55. The average molecular weight is 509 g/mol. The Morgan fingerprint density at radius 1 is 1.06 bits per heavy atom. The van der Waals surface area contributed by atoms with Crippen molar-refractivity contribution in [3.63, 3.8) is 0 Å². The van der Waals surface area contributed by atoms with Crippen LogP contribution in [0.15, 0.2) is 9.79 Å². The zero-order valence-electron chi connectivity index (χ0n) is 21.0. The van der Waals surface area contributed by atoms with Gasteiger partial charge in [-0.2, -0.15) is 0 Å². The first-order valence-electron chi connectivity index (χ1n) is 12.2. The van der Waals surface area contributed by atoms with E-state index in [1.807, 2.05) is 23.5 Å². The third-order valence-electron chi connectivity index (χ3n) is 7.73. The maximum Gasteiger partial charge on any atom is 0.308 e. The Labute approximate surface area is 210 Å². The largest absolute Gasteiger partial charge is 0.495 e. The zero-order valence-corrected chi connectivity index (χ0v) is 22.7. The standard InChI is InChI=1S/C25H36N2O5S2/c1-11(2)33-22-20(30-6)13-8-15-19-14(25(28)29)9-16(26(19)5)24-27(15)17(10-32-24)18(13)21(31-7)23(22)34-12(3)4/h11-12,14-17,19,24H,8-10H2,1-7H3,(H,28,29)/t14-,15+,16+,17+,19-,24?/m1/s1. The van der Waals surface area contributed by atoms with Crippen LogP contribution in [-0.4, -0.2) is 83.6 Å². The molecule has 0 aliphatic carbocycles. The van der Waals surface area contributed by atoms with Crippen LogP contribution in [0.25, 0.3) is 0 Å². The van der Waals surface area contributed by atoms with Gasteiger partial charge in [-0.15, -0.1) is 23.5 Å². The normalized spacial score (nSPS) is 32.3. The summed E-state index contributed by atoms with van der Waals surface area (Å²) in [6.45, 7) is 9.39. The fourth-order valence-electron chi connectivity index (χ4n) is 6.67. The molecule has 6 atom stereocenters. The highest BCUT2D eigenvalue weighted by atomic mass is 32.2. The lowest BCUT2D eigenvalue weighted by Gasteiger charge is -2.51. The molecule has 4 aliphatic rings. The van der Waals surface area contributed by atoms with Gasteiger partial charge in [0.15, 0.2) is 0 Å². The monoisotopic (exact) mass is 508 g/mol. The first-order valence-corrected chi connectivity index (χ1v) is 13.9. The highest BCUT2D eigenvalue weighted by Crippen LogP contribution is 2.59. The molecule has 5 rings (SSSR count). The minimum atomic E-state index is -0.702. The summed E-state index contributed by atoms with van der Waals surface area (Å²) in [7, 11) is 5.60. The van der Waals surface area contributed by atoms with E-state index in [-0.39, 0.29) is 36.3 Å². The van der Waals surface area contributed by atoms with E-state index in [4.69, 9.17) is 14.2 Å². The van der Waals surface area contributed by atoms with Crippen molar-refractivity contribution in [1.82, 2.24) is 9.80 Å². The molecular weight excluding hydrogens is 472 g/mol.